The molecule has 0 aliphatic rings. The summed E-state index contributed by atoms with van der Waals surface area (Å²) in [7, 11) is 0. The zero-order chi connectivity index (χ0) is 16.5. The Kier molecular flexibility index (Phi) is 8.71. The molecule has 0 atom stereocenters. The molecular weight excluding hydrogens is 370 g/mol. The molecule has 24 heavy (non-hydrogen) atoms. The van der Waals surface area contributed by atoms with E-state index in [-0.39, 0.29) is 28.8 Å². The minimum Gasteiger partial charge on any atom is -1.00 e. The molecule has 2 rings (SSSR count). The summed E-state index contributed by atoms with van der Waals surface area (Å²) < 4.78 is 2.11. The molecule has 1 aromatic carbocycles. The van der Waals surface area contributed by atoms with E-state index < -0.39 is 0 Å². The van der Waals surface area contributed by atoms with Crippen molar-refractivity contribution < 1.29 is 31.1 Å². The zero-order valence-electron chi connectivity index (χ0n) is 13.7. The first-order chi connectivity index (χ1) is 11.1. The smallest absolute Gasteiger partial charge is 0.224 e. The third-order valence-corrected chi connectivity index (χ3v) is 3.34. The predicted octanol–water partition coefficient (Wildman–Crippen LogP) is -0.254. The van der Waals surface area contributed by atoms with Crippen molar-refractivity contribution in [3.63, 3.8) is 0 Å². The molecular formula is C18H22BrN3O2. The fourth-order valence-electron chi connectivity index (χ4n) is 2.23. The van der Waals surface area contributed by atoms with Gasteiger partial charge in [0.2, 0.25) is 11.8 Å². The summed E-state index contributed by atoms with van der Waals surface area (Å²) in [6.45, 7) is 2.38. The summed E-state index contributed by atoms with van der Waals surface area (Å²) in [6, 6.07) is 13.1. The van der Waals surface area contributed by atoms with Gasteiger partial charge in [0.15, 0.2) is 12.4 Å². The van der Waals surface area contributed by atoms with Crippen LogP contribution in [-0.4, -0.2) is 11.8 Å². The Bertz CT molecular complexity index is 645. The third-order valence-electron chi connectivity index (χ3n) is 3.34. The largest absolute Gasteiger partial charge is 1.00 e. The van der Waals surface area contributed by atoms with Gasteiger partial charge in [-0.2, -0.15) is 0 Å². The molecule has 1 heterocycles. The van der Waals surface area contributed by atoms with Crippen molar-refractivity contribution in [2.24, 2.45) is 0 Å². The number of pyridine rings is 1. The maximum Gasteiger partial charge on any atom is 0.224 e. The molecule has 5 nitrogen and oxygen atoms in total. The van der Waals surface area contributed by atoms with E-state index in [1.807, 2.05) is 30.6 Å². The molecule has 6 heteroatoms. The van der Waals surface area contributed by atoms with Crippen molar-refractivity contribution in [1.29, 1.82) is 0 Å². The van der Waals surface area contributed by atoms with Crippen LogP contribution in [0.15, 0.2) is 54.9 Å². The first kappa shape index (κ1) is 19.8. The number of hydrogen-bond acceptors (Lipinski definition) is 2. The monoisotopic (exact) mass is 391 g/mol. The molecule has 0 saturated heterocycles. The number of unbranched alkanes of at least 4 members (excludes halogenated alkanes) is 1. The Labute approximate surface area is 152 Å². The molecule has 2 aromatic rings. The highest BCUT2D eigenvalue weighted by atomic mass is 79.9. The van der Waals surface area contributed by atoms with Crippen molar-refractivity contribution in [3.8, 4) is 0 Å². The number of carbonyl (C=O) groups is 2. The SMILES string of the molecule is CC(=O)Nc1ccc(NC(=O)CCCC[n+]2ccccc2)cc1.[Br-]. The number of nitrogens with one attached hydrogen (secondary N) is 2. The quantitative estimate of drug-likeness (QED) is 0.504. The van der Waals surface area contributed by atoms with Crippen molar-refractivity contribution in [1.82, 2.24) is 0 Å². The van der Waals surface area contributed by atoms with E-state index in [2.05, 4.69) is 15.2 Å². The molecule has 0 aliphatic carbocycles. The minimum atomic E-state index is -0.113. The lowest BCUT2D eigenvalue weighted by molar-refractivity contribution is -0.697. The van der Waals surface area contributed by atoms with Crippen LogP contribution in [0.3, 0.4) is 0 Å². The van der Waals surface area contributed by atoms with Crippen LogP contribution in [0.2, 0.25) is 0 Å². The van der Waals surface area contributed by atoms with Crippen molar-refractivity contribution in [3.05, 3.63) is 54.9 Å². The van der Waals surface area contributed by atoms with Gasteiger partial charge in [-0.25, -0.2) is 4.57 Å². The van der Waals surface area contributed by atoms with Crippen molar-refractivity contribution >= 4 is 23.2 Å². The molecule has 0 fully saturated rings. The third kappa shape index (κ3) is 7.37. The van der Waals surface area contributed by atoms with Gasteiger partial charge < -0.3 is 27.6 Å². The average molecular weight is 392 g/mol. The molecule has 1 aromatic heterocycles. The molecule has 0 saturated carbocycles. The van der Waals surface area contributed by atoms with E-state index in [9.17, 15) is 9.59 Å². The number of anilines is 2. The maximum absolute atomic E-state index is 11.9. The number of nitrogens with zero attached hydrogens (tertiary/aromatic N) is 1. The van der Waals surface area contributed by atoms with E-state index in [0.29, 0.717) is 6.42 Å². The van der Waals surface area contributed by atoms with Crippen LogP contribution in [0.4, 0.5) is 11.4 Å². The minimum absolute atomic E-state index is 0. The second kappa shape index (κ2) is 10.5. The molecule has 128 valence electrons. The summed E-state index contributed by atoms with van der Waals surface area (Å²) in [4.78, 5) is 22.8. The van der Waals surface area contributed by atoms with E-state index in [1.165, 1.54) is 6.92 Å². The van der Waals surface area contributed by atoms with Gasteiger partial charge in [0.1, 0.15) is 6.54 Å². The van der Waals surface area contributed by atoms with Gasteiger partial charge >= 0.3 is 0 Å². The van der Waals surface area contributed by atoms with Crippen LogP contribution in [0.1, 0.15) is 26.2 Å². The van der Waals surface area contributed by atoms with Crippen LogP contribution in [0.25, 0.3) is 0 Å². The molecule has 0 unspecified atom stereocenters. The lowest BCUT2D eigenvalue weighted by atomic mass is 10.2. The number of aryl methyl sites for hydroxylation is 1. The number of benzene rings is 1. The lowest BCUT2D eigenvalue weighted by Gasteiger charge is -2.06. The van der Waals surface area contributed by atoms with Gasteiger partial charge in [-0.1, -0.05) is 6.07 Å². The zero-order valence-corrected chi connectivity index (χ0v) is 15.3. The molecule has 0 radical (unpaired) electrons. The Hall–Kier alpha value is -2.21. The molecule has 0 aliphatic heterocycles. The van der Waals surface area contributed by atoms with Gasteiger partial charge in [0.05, 0.1) is 0 Å². The van der Waals surface area contributed by atoms with Crippen LogP contribution in [0.5, 0.6) is 0 Å². The summed E-state index contributed by atoms with van der Waals surface area (Å²) in [5.41, 5.74) is 1.46. The number of halogens is 1. The number of carbonyl (C=O) groups excluding carboxylic acids is 2. The molecule has 0 spiro atoms. The van der Waals surface area contributed by atoms with Crippen molar-refractivity contribution in [2.75, 3.05) is 10.6 Å². The highest BCUT2D eigenvalue weighted by Gasteiger charge is 2.04. The molecule has 2 amide bonds. The summed E-state index contributed by atoms with van der Waals surface area (Å²) in [5, 5.41) is 5.55. The van der Waals surface area contributed by atoms with E-state index in [1.54, 1.807) is 24.3 Å². The Morgan fingerprint density at radius 3 is 2.08 bits per heavy atom. The summed E-state index contributed by atoms with van der Waals surface area (Å²) in [5.74, 6) is -0.103. The normalized spacial score (nSPS) is 9.71. The number of rotatable bonds is 7. The van der Waals surface area contributed by atoms with Gasteiger partial charge in [-0.3, -0.25) is 9.59 Å². The fraction of sp³-hybridized carbons (Fsp3) is 0.278. The number of aromatic nitrogens is 1. The van der Waals surface area contributed by atoms with Crippen LogP contribution in [-0.2, 0) is 16.1 Å². The highest BCUT2D eigenvalue weighted by Crippen LogP contribution is 2.14. The summed E-state index contributed by atoms with van der Waals surface area (Å²) in [6.07, 6.45) is 6.36. The van der Waals surface area contributed by atoms with Gasteiger partial charge in [0, 0.05) is 43.3 Å². The lowest BCUT2D eigenvalue weighted by Crippen LogP contribution is -3.00. The van der Waals surface area contributed by atoms with Gasteiger partial charge in [-0.05, 0) is 30.7 Å². The van der Waals surface area contributed by atoms with Gasteiger partial charge in [0.25, 0.3) is 0 Å². The molecule has 0 bridgehead atoms. The van der Waals surface area contributed by atoms with Crippen LogP contribution in [0, 0.1) is 0 Å². The first-order valence-electron chi connectivity index (χ1n) is 7.75. The average Bonchev–Trinajstić information content (AvgIpc) is 2.54. The second-order valence-corrected chi connectivity index (χ2v) is 5.38. The Morgan fingerprint density at radius 2 is 1.50 bits per heavy atom. The molecule has 2 N–H and O–H groups in total. The van der Waals surface area contributed by atoms with Gasteiger partial charge in [-0.15, -0.1) is 0 Å². The van der Waals surface area contributed by atoms with E-state index in [0.717, 1.165) is 30.8 Å². The first-order valence-corrected chi connectivity index (χ1v) is 7.75. The Balaban J connectivity index is 0.00000288. The number of amides is 2. The van der Waals surface area contributed by atoms with Crippen LogP contribution >= 0.6 is 0 Å². The predicted molar refractivity (Wildman–Crippen MR) is 89.9 cm³/mol. The van der Waals surface area contributed by atoms with Crippen molar-refractivity contribution in [2.45, 2.75) is 32.7 Å². The van der Waals surface area contributed by atoms with Crippen LogP contribution < -0.4 is 32.2 Å². The number of hydrogen-bond donors (Lipinski definition) is 2. The Morgan fingerprint density at radius 1 is 0.917 bits per heavy atom. The highest BCUT2D eigenvalue weighted by molar-refractivity contribution is 5.92. The fourth-order valence-corrected chi connectivity index (χ4v) is 2.23. The van der Waals surface area contributed by atoms with E-state index >= 15 is 0 Å². The topological polar surface area (TPSA) is 62.1 Å². The van der Waals surface area contributed by atoms with E-state index in [4.69, 9.17) is 0 Å². The maximum atomic E-state index is 11.9. The summed E-state index contributed by atoms with van der Waals surface area (Å²) >= 11 is 0. The standard InChI is InChI=1S/C18H21N3O2.BrH/c1-15(22)19-16-8-10-17(11-9-16)20-18(23)7-3-6-14-21-12-4-2-5-13-21;/h2,4-5,8-13H,3,6-7,14H2,1H3,(H-,19,20,22,23);1H. The second-order valence-electron chi connectivity index (χ2n) is 5.38.